The van der Waals surface area contributed by atoms with Crippen molar-refractivity contribution < 1.29 is 4.74 Å². The maximum absolute atomic E-state index is 5.73. The van der Waals surface area contributed by atoms with E-state index in [1.807, 2.05) is 0 Å². The third-order valence-electron chi connectivity index (χ3n) is 3.16. The molecule has 1 fully saturated rings. The van der Waals surface area contributed by atoms with Gasteiger partial charge >= 0.3 is 0 Å². The van der Waals surface area contributed by atoms with E-state index >= 15 is 0 Å². The minimum atomic E-state index is 0.0527. The van der Waals surface area contributed by atoms with Crippen LogP contribution in [0.4, 0.5) is 5.82 Å². The van der Waals surface area contributed by atoms with Crippen molar-refractivity contribution in [3.05, 3.63) is 17.8 Å². The van der Waals surface area contributed by atoms with Crippen LogP contribution in [0.2, 0.25) is 0 Å². The van der Waals surface area contributed by atoms with E-state index in [0.29, 0.717) is 0 Å². The maximum atomic E-state index is 5.73. The van der Waals surface area contributed by atoms with E-state index in [9.17, 15) is 0 Å². The second kappa shape index (κ2) is 4.84. The van der Waals surface area contributed by atoms with Crippen molar-refractivity contribution in [2.24, 2.45) is 0 Å². The molecule has 0 saturated carbocycles. The molecule has 0 amide bonds. The van der Waals surface area contributed by atoms with Crippen molar-refractivity contribution in [2.75, 3.05) is 18.0 Å². The molecule has 4 nitrogen and oxygen atoms in total. The summed E-state index contributed by atoms with van der Waals surface area (Å²) in [6.45, 7) is 12.4. The molecule has 100 valence electrons. The molecule has 0 aromatic carbocycles. The second-order valence-electron chi connectivity index (χ2n) is 6.19. The van der Waals surface area contributed by atoms with E-state index in [0.717, 1.165) is 24.6 Å². The minimum Gasteiger partial charge on any atom is -0.372 e. The van der Waals surface area contributed by atoms with E-state index in [1.54, 1.807) is 0 Å². The van der Waals surface area contributed by atoms with Crippen LogP contribution in [0, 0.1) is 0 Å². The van der Waals surface area contributed by atoms with Gasteiger partial charge in [-0.2, -0.15) is 5.10 Å². The van der Waals surface area contributed by atoms with Crippen LogP contribution in [-0.2, 0) is 10.2 Å². The Kier molecular flexibility index (Phi) is 3.57. The summed E-state index contributed by atoms with van der Waals surface area (Å²) in [4.78, 5) is 2.25. The van der Waals surface area contributed by atoms with Crippen LogP contribution in [0.3, 0.4) is 0 Å². The highest BCUT2D eigenvalue weighted by molar-refractivity contribution is 5.38. The van der Waals surface area contributed by atoms with Crippen molar-refractivity contribution in [1.29, 1.82) is 0 Å². The molecule has 1 aromatic rings. The van der Waals surface area contributed by atoms with Crippen molar-refractivity contribution in [2.45, 2.75) is 52.2 Å². The molecule has 0 unspecified atom stereocenters. The van der Waals surface area contributed by atoms with Crippen LogP contribution in [0.1, 0.15) is 40.3 Å². The number of morpholine rings is 1. The van der Waals surface area contributed by atoms with E-state index in [1.165, 1.54) is 0 Å². The number of anilines is 1. The molecule has 1 saturated heterocycles. The minimum absolute atomic E-state index is 0.0527. The standard InChI is InChI=1S/C14H23N3O/c1-10-8-17(9-11(2)18-10)13-7-6-12(15-16-13)14(3,4)5/h6-7,10-11H,8-9H2,1-5H3/t10-,11+. The molecule has 0 spiro atoms. The van der Waals surface area contributed by atoms with E-state index in [-0.39, 0.29) is 17.6 Å². The van der Waals surface area contributed by atoms with Crippen molar-refractivity contribution in [3.8, 4) is 0 Å². The maximum Gasteiger partial charge on any atom is 0.151 e. The van der Waals surface area contributed by atoms with Gasteiger partial charge in [0.05, 0.1) is 17.9 Å². The SMILES string of the molecule is C[C@@H]1CN(c2ccc(C(C)(C)C)nn2)C[C@H](C)O1. The molecule has 4 heteroatoms. The average molecular weight is 249 g/mol. The molecular formula is C14H23N3O. The van der Waals surface area contributed by atoms with Gasteiger partial charge in [0, 0.05) is 18.5 Å². The fourth-order valence-electron chi connectivity index (χ4n) is 2.26. The number of hydrogen-bond donors (Lipinski definition) is 0. The quantitative estimate of drug-likeness (QED) is 0.766. The second-order valence-corrected chi connectivity index (χ2v) is 6.19. The summed E-state index contributed by atoms with van der Waals surface area (Å²) in [6, 6.07) is 4.14. The first kappa shape index (κ1) is 13.3. The summed E-state index contributed by atoms with van der Waals surface area (Å²) in [5.41, 5.74) is 1.08. The monoisotopic (exact) mass is 249 g/mol. The van der Waals surface area contributed by atoms with Gasteiger partial charge in [-0.3, -0.25) is 0 Å². The first-order valence-corrected chi connectivity index (χ1v) is 6.61. The zero-order valence-electron chi connectivity index (χ0n) is 12.0. The molecule has 18 heavy (non-hydrogen) atoms. The van der Waals surface area contributed by atoms with E-state index in [4.69, 9.17) is 4.74 Å². The van der Waals surface area contributed by atoms with Gasteiger partial charge in [0.25, 0.3) is 0 Å². The Balaban J connectivity index is 2.14. The first-order valence-electron chi connectivity index (χ1n) is 6.61. The lowest BCUT2D eigenvalue weighted by Crippen LogP contribution is -2.46. The summed E-state index contributed by atoms with van der Waals surface area (Å²) < 4.78 is 5.73. The molecular weight excluding hydrogens is 226 g/mol. The number of hydrogen-bond acceptors (Lipinski definition) is 4. The third-order valence-corrected chi connectivity index (χ3v) is 3.16. The van der Waals surface area contributed by atoms with Gasteiger partial charge in [-0.15, -0.1) is 5.10 Å². The molecule has 1 aliphatic heterocycles. The predicted octanol–water partition coefficient (Wildman–Crippen LogP) is 2.39. The Morgan fingerprint density at radius 2 is 1.72 bits per heavy atom. The fraction of sp³-hybridized carbons (Fsp3) is 0.714. The molecule has 0 N–H and O–H groups in total. The summed E-state index contributed by atoms with van der Waals surface area (Å²) in [7, 11) is 0. The molecule has 2 heterocycles. The Morgan fingerprint density at radius 3 is 2.17 bits per heavy atom. The third kappa shape index (κ3) is 2.99. The van der Waals surface area contributed by atoms with Crippen LogP contribution in [0.15, 0.2) is 12.1 Å². The highest BCUT2D eigenvalue weighted by Crippen LogP contribution is 2.22. The Hall–Kier alpha value is -1.16. The lowest BCUT2D eigenvalue weighted by Gasteiger charge is -2.35. The molecule has 0 bridgehead atoms. The van der Waals surface area contributed by atoms with Gasteiger partial charge in [0.2, 0.25) is 0 Å². The summed E-state index contributed by atoms with van der Waals surface area (Å²) in [6.07, 6.45) is 0.496. The smallest absolute Gasteiger partial charge is 0.151 e. The first-order chi connectivity index (χ1) is 8.36. The lowest BCUT2D eigenvalue weighted by atomic mass is 9.92. The fourth-order valence-corrected chi connectivity index (χ4v) is 2.26. The Labute approximate surface area is 109 Å². The zero-order valence-corrected chi connectivity index (χ0v) is 12.0. The van der Waals surface area contributed by atoms with Gasteiger partial charge in [-0.1, -0.05) is 20.8 Å². The molecule has 2 rings (SSSR count). The predicted molar refractivity (Wildman–Crippen MR) is 73.0 cm³/mol. The van der Waals surface area contributed by atoms with Crippen LogP contribution < -0.4 is 4.90 Å². The summed E-state index contributed by atoms with van der Waals surface area (Å²) in [5, 5.41) is 8.70. The Bertz CT molecular complexity index is 386. The van der Waals surface area contributed by atoms with Gasteiger partial charge in [-0.05, 0) is 26.0 Å². The van der Waals surface area contributed by atoms with E-state index < -0.39 is 0 Å². The number of rotatable bonds is 1. The highest BCUT2D eigenvalue weighted by atomic mass is 16.5. The Morgan fingerprint density at radius 1 is 1.11 bits per heavy atom. The number of nitrogens with zero attached hydrogens (tertiary/aromatic N) is 3. The van der Waals surface area contributed by atoms with Gasteiger partial charge < -0.3 is 9.64 Å². The number of ether oxygens (including phenoxy) is 1. The molecule has 1 aromatic heterocycles. The molecule has 0 radical (unpaired) electrons. The van der Waals surface area contributed by atoms with Gasteiger partial charge in [0.15, 0.2) is 5.82 Å². The number of aromatic nitrogens is 2. The van der Waals surface area contributed by atoms with Crippen molar-refractivity contribution in [1.82, 2.24) is 10.2 Å². The van der Waals surface area contributed by atoms with Crippen molar-refractivity contribution in [3.63, 3.8) is 0 Å². The van der Waals surface area contributed by atoms with Crippen LogP contribution >= 0.6 is 0 Å². The summed E-state index contributed by atoms with van der Waals surface area (Å²) in [5.74, 6) is 0.949. The zero-order chi connectivity index (χ0) is 13.3. The largest absolute Gasteiger partial charge is 0.372 e. The topological polar surface area (TPSA) is 38.2 Å². The average Bonchev–Trinajstić information content (AvgIpc) is 2.27. The summed E-state index contributed by atoms with van der Waals surface area (Å²) >= 11 is 0. The van der Waals surface area contributed by atoms with Gasteiger partial charge in [-0.25, -0.2) is 0 Å². The molecule has 1 aliphatic rings. The highest BCUT2D eigenvalue weighted by Gasteiger charge is 2.24. The van der Waals surface area contributed by atoms with E-state index in [2.05, 4.69) is 61.8 Å². The van der Waals surface area contributed by atoms with Gasteiger partial charge in [0.1, 0.15) is 0 Å². The van der Waals surface area contributed by atoms with Crippen molar-refractivity contribution >= 4 is 5.82 Å². The van der Waals surface area contributed by atoms with Crippen LogP contribution in [0.5, 0.6) is 0 Å². The molecule has 2 atom stereocenters. The van der Waals surface area contributed by atoms with Crippen LogP contribution in [0.25, 0.3) is 0 Å². The normalized spacial score (nSPS) is 25.3. The molecule has 0 aliphatic carbocycles. The van der Waals surface area contributed by atoms with Crippen LogP contribution in [-0.4, -0.2) is 35.5 Å². The lowest BCUT2D eigenvalue weighted by molar-refractivity contribution is -0.00551.